The SMILES string of the molecule is C[C@H](NC(=O)[C@H](C)NS(=O)(=O)c1ccc(N)cc1)C(=O)O. The lowest BCUT2D eigenvalue weighted by atomic mass is 10.3. The third-order valence-electron chi connectivity index (χ3n) is 2.64. The maximum absolute atomic E-state index is 12.0. The van der Waals surface area contributed by atoms with Crippen molar-refractivity contribution >= 4 is 27.6 Å². The van der Waals surface area contributed by atoms with Gasteiger partial charge in [-0.25, -0.2) is 8.42 Å². The summed E-state index contributed by atoms with van der Waals surface area (Å²) in [5, 5.41) is 10.9. The number of nitrogen functional groups attached to an aromatic ring is 1. The summed E-state index contributed by atoms with van der Waals surface area (Å²) in [5.41, 5.74) is 5.88. The predicted molar refractivity (Wildman–Crippen MR) is 75.9 cm³/mol. The molecule has 116 valence electrons. The van der Waals surface area contributed by atoms with Gasteiger partial charge in [-0.1, -0.05) is 0 Å². The van der Waals surface area contributed by atoms with Gasteiger partial charge in [0.25, 0.3) is 0 Å². The maximum Gasteiger partial charge on any atom is 0.325 e. The topological polar surface area (TPSA) is 139 Å². The highest BCUT2D eigenvalue weighted by atomic mass is 32.2. The Morgan fingerprint density at radius 3 is 2.14 bits per heavy atom. The number of hydrogen-bond donors (Lipinski definition) is 4. The molecule has 0 heterocycles. The maximum atomic E-state index is 12.0. The minimum absolute atomic E-state index is 0.0392. The number of nitrogens with two attached hydrogens (primary N) is 1. The molecule has 0 bridgehead atoms. The summed E-state index contributed by atoms with van der Waals surface area (Å²) in [6, 6.07) is 3.23. The van der Waals surface area contributed by atoms with Crippen molar-refractivity contribution in [3.8, 4) is 0 Å². The Kier molecular flexibility index (Phi) is 5.28. The fourth-order valence-corrected chi connectivity index (χ4v) is 2.60. The van der Waals surface area contributed by atoms with E-state index in [1.807, 2.05) is 0 Å². The highest BCUT2D eigenvalue weighted by Gasteiger charge is 2.24. The smallest absolute Gasteiger partial charge is 0.325 e. The zero-order valence-corrected chi connectivity index (χ0v) is 12.3. The van der Waals surface area contributed by atoms with Crippen LogP contribution in [0.4, 0.5) is 5.69 Å². The van der Waals surface area contributed by atoms with E-state index in [2.05, 4.69) is 10.0 Å². The lowest BCUT2D eigenvalue weighted by molar-refractivity contribution is -0.141. The molecule has 0 aliphatic rings. The lowest BCUT2D eigenvalue weighted by Crippen LogP contribution is -2.49. The zero-order chi connectivity index (χ0) is 16.2. The first-order chi connectivity index (χ1) is 9.63. The molecule has 0 fully saturated rings. The van der Waals surface area contributed by atoms with Crippen LogP contribution in [0.15, 0.2) is 29.2 Å². The van der Waals surface area contributed by atoms with Gasteiger partial charge >= 0.3 is 5.97 Å². The number of rotatable bonds is 6. The van der Waals surface area contributed by atoms with Gasteiger partial charge in [-0.15, -0.1) is 0 Å². The average Bonchev–Trinajstić information content (AvgIpc) is 2.38. The van der Waals surface area contributed by atoms with Gasteiger partial charge in [0.1, 0.15) is 6.04 Å². The number of sulfonamides is 1. The quantitative estimate of drug-likeness (QED) is 0.523. The summed E-state index contributed by atoms with van der Waals surface area (Å²) < 4.78 is 26.2. The fraction of sp³-hybridized carbons (Fsp3) is 0.333. The predicted octanol–water partition coefficient (Wildman–Crippen LogP) is -0.475. The summed E-state index contributed by atoms with van der Waals surface area (Å²) in [6.45, 7) is 2.60. The first-order valence-electron chi connectivity index (χ1n) is 6.04. The molecule has 0 spiro atoms. The largest absolute Gasteiger partial charge is 0.480 e. The molecule has 0 unspecified atom stereocenters. The van der Waals surface area contributed by atoms with Crippen molar-refractivity contribution in [3.63, 3.8) is 0 Å². The second-order valence-corrected chi connectivity index (χ2v) is 6.19. The minimum atomic E-state index is -3.89. The molecular formula is C12H17N3O5S. The van der Waals surface area contributed by atoms with E-state index in [4.69, 9.17) is 10.8 Å². The number of amides is 1. The van der Waals surface area contributed by atoms with E-state index >= 15 is 0 Å². The molecule has 5 N–H and O–H groups in total. The van der Waals surface area contributed by atoms with E-state index in [1.54, 1.807) is 0 Å². The highest BCUT2D eigenvalue weighted by molar-refractivity contribution is 7.89. The Hall–Kier alpha value is -2.13. The molecule has 0 aliphatic carbocycles. The number of carbonyl (C=O) groups excluding carboxylic acids is 1. The summed E-state index contributed by atoms with van der Waals surface area (Å²) in [4.78, 5) is 22.3. The monoisotopic (exact) mass is 315 g/mol. The lowest BCUT2D eigenvalue weighted by Gasteiger charge is -2.16. The number of anilines is 1. The Morgan fingerprint density at radius 1 is 1.14 bits per heavy atom. The van der Waals surface area contributed by atoms with Crippen LogP contribution >= 0.6 is 0 Å². The van der Waals surface area contributed by atoms with Gasteiger partial charge in [-0.2, -0.15) is 4.72 Å². The Morgan fingerprint density at radius 2 is 1.67 bits per heavy atom. The molecular weight excluding hydrogens is 298 g/mol. The molecule has 2 atom stereocenters. The normalized spacial score (nSPS) is 14.2. The van der Waals surface area contributed by atoms with Crippen LogP contribution in [0.25, 0.3) is 0 Å². The second kappa shape index (κ2) is 6.55. The van der Waals surface area contributed by atoms with Gasteiger partial charge in [-0.05, 0) is 38.1 Å². The number of nitrogens with one attached hydrogen (secondary N) is 2. The van der Waals surface area contributed by atoms with Gasteiger partial charge < -0.3 is 16.2 Å². The highest BCUT2D eigenvalue weighted by Crippen LogP contribution is 2.11. The van der Waals surface area contributed by atoms with Crippen molar-refractivity contribution in [2.24, 2.45) is 0 Å². The van der Waals surface area contributed by atoms with Crippen molar-refractivity contribution in [2.45, 2.75) is 30.8 Å². The van der Waals surface area contributed by atoms with E-state index in [9.17, 15) is 18.0 Å². The first kappa shape index (κ1) is 16.9. The molecule has 0 aromatic heterocycles. The van der Waals surface area contributed by atoms with Gasteiger partial charge in [0.15, 0.2) is 0 Å². The molecule has 0 saturated carbocycles. The van der Waals surface area contributed by atoms with Gasteiger partial charge in [-0.3, -0.25) is 9.59 Å². The Labute approximate surface area is 122 Å². The standard InChI is InChI=1S/C12H17N3O5S/c1-7(11(16)14-8(2)12(17)18)15-21(19,20)10-5-3-9(13)4-6-10/h3-8,15H,13H2,1-2H3,(H,14,16)(H,17,18)/t7-,8-/m0/s1. The van der Waals surface area contributed by atoms with Crippen molar-refractivity contribution in [3.05, 3.63) is 24.3 Å². The molecule has 1 aromatic rings. The van der Waals surface area contributed by atoms with Crippen molar-refractivity contribution in [1.82, 2.24) is 10.0 Å². The van der Waals surface area contributed by atoms with E-state index < -0.39 is 34.0 Å². The third-order valence-corrected chi connectivity index (χ3v) is 4.20. The van der Waals surface area contributed by atoms with Crippen molar-refractivity contribution in [2.75, 3.05) is 5.73 Å². The third kappa shape index (κ3) is 4.72. The van der Waals surface area contributed by atoms with Crippen molar-refractivity contribution < 1.29 is 23.1 Å². The number of benzene rings is 1. The number of carboxylic acids is 1. The van der Waals surface area contributed by atoms with Crippen LogP contribution in [0.3, 0.4) is 0 Å². The van der Waals surface area contributed by atoms with Crippen LogP contribution < -0.4 is 15.8 Å². The van der Waals surface area contributed by atoms with E-state index in [1.165, 1.54) is 38.1 Å². The summed E-state index contributed by atoms with van der Waals surface area (Å²) >= 11 is 0. The number of hydrogen-bond acceptors (Lipinski definition) is 5. The molecule has 0 aliphatic heterocycles. The Balaban J connectivity index is 2.77. The minimum Gasteiger partial charge on any atom is -0.480 e. The Bertz CT molecular complexity index is 627. The van der Waals surface area contributed by atoms with E-state index in [0.29, 0.717) is 5.69 Å². The number of carboxylic acid groups (broad SMARTS) is 1. The molecule has 8 nitrogen and oxygen atoms in total. The molecule has 1 amide bonds. The molecule has 21 heavy (non-hydrogen) atoms. The molecule has 0 radical (unpaired) electrons. The van der Waals surface area contributed by atoms with Gasteiger partial charge in [0.05, 0.1) is 10.9 Å². The zero-order valence-electron chi connectivity index (χ0n) is 11.5. The number of aliphatic carboxylic acids is 1. The van der Waals surface area contributed by atoms with Crippen LogP contribution in [0.5, 0.6) is 0 Å². The van der Waals surface area contributed by atoms with Crippen LogP contribution in [0.2, 0.25) is 0 Å². The fourth-order valence-electron chi connectivity index (χ4n) is 1.40. The van der Waals surface area contributed by atoms with Crippen LogP contribution in [-0.2, 0) is 19.6 Å². The molecule has 9 heteroatoms. The van der Waals surface area contributed by atoms with Crippen molar-refractivity contribution in [1.29, 1.82) is 0 Å². The summed E-state index contributed by atoms with van der Waals surface area (Å²) in [7, 11) is -3.89. The first-order valence-corrected chi connectivity index (χ1v) is 7.53. The van der Waals surface area contributed by atoms with E-state index in [0.717, 1.165) is 0 Å². The molecule has 1 aromatic carbocycles. The summed E-state index contributed by atoms with van der Waals surface area (Å²) in [5.74, 6) is -1.94. The number of carbonyl (C=O) groups is 2. The van der Waals surface area contributed by atoms with Gasteiger partial charge in [0, 0.05) is 5.69 Å². The average molecular weight is 315 g/mol. The second-order valence-electron chi connectivity index (χ2n) is 4.48. The van der Waals surface area contributed by atoms with Gasteiger partial charge in [0.2, 0.25) is 15.9 Å². The van der Waals surface area contributed by atoms with Crippen LogP contribution in [-0.4, -0.2) is 37.5 Å². The van der Waals surface area contributed by atoms with Crippen LogP contribution in [0.1, 0.15) is 13.8 Å². The summed E-state index contributed by atoms with van der Waals surface area (Å²) in [6.07, 6.45) is 0. The molecule has 0 saturated heterocycles. The molecule has 1 rings (SSSR count). The van der Waals surface area contributed by atoms with Crippen LogP contribution in [0, 0.1) is 0 Å². The van der Waals surface area contributed by atoms with E-state index in [-0.39, 0.29) is 4.90 Å².